The highest BCUT2D eigenvalue weighted by atomic mass is 19.4. The number of nitrogens with one attached hydrogen (secondary N) is 1. The lowest BCUT2D eigenvalue weighted by Crippen LogP contribution is -2.13. The molecule has 0 fully saturated rings. The van der Waals surface area contributed by atoms with Gasteiger partial charge in [0.1, 0.15) is 5.69 Å². The first-order chi connectivity index (χ1) is 8.70. The number of anilines is 2. The van der Waals surface area contributed by atoms with Crippen molar-refractivity contribution in [2.45, 2.75) is 25.9 Å². The van der Waals surface area contributed by atoms with Crippen LogP contribution in [-0.4, -0.2) is 27.6 Å². The maximum atomic E-state index is 11.9. The summed E-state index contributed by atoms with van der Waals surface area (Å²) in [7, 11) is 0. The molecular weight excluding hydrogens is 267 g/mol. The van der Waals surface area contributed by atoms with Gasteiger partial charge in [0.05, 0.1) is 4.92 Å². The molecule has 0 radical (unpaired) electrons. The zero-order chi connectivity index (χ0) is 14.6. The second-order valence-corrected chi connectivity index (χ2v) is 3.77. The fourth-order valence-electron chi connectivity index (χ4n) is 1.43. The molecule has 0 aliphatic carbocycles. The van der Waals surface area contributed by atoms with E-state index in [1.54, 1.807) is 0 Å². The minimum absolute atomic E-state index is 0.0517. The Hall–Kier alpha value is -2.13. The molecule has 3 N–H and O–H groups in total. The largest absolute Gasteiger partial charge is 0.389 e. The van der Waals surface area contributed by atoms with Crippen molar-refractivity contribution in [3.8, 4) is 0 Å². The van der Waals surface area contributed by atoms with E-state index < -0.39 is 17.5 Å². The van der Waals surface area contributed by atoms with Gasteiger partial charge < -0.3 is 11.1 Å². The summed E-state index contributed by atoms with van der Waals surface area (Å²) < 4.78 is 35.8. The number of halogens is 3. The summed E-state index contributed by atoms with van der Waals surface area (Å²) in [5, 5.41) is 13.3. The highest BCUT2D eigenvalue weighted by molar-refractivity contribution is 5.60. The summed E-state index contributed by atoms with van der Waals surface area (Å²) in [6, 6.07) is 0. The van der Waals surface area contributed by atoms with Gasteiger partial charge in [-0.1, -0.05) is 0 Å². The molecule has 0 saturated heterocycles. The van der Waals surface area contributed by atoms with Gasteiger partial charge in [0.15, 0.2) is 0 Å². The Morgan fingerprint density at radius 2 is 2.05 bits per heavy atom. The smallest absolute Gasteiger partial charge is 0.368 e. The van der Waals surface area contributed by atoms with Crippen LogP contribution < -0.4 is 11.1 Å². The molecule has 1 aromatic heterocycles. The summed E-state index contributed by atoms with van der Waals surface area (Å²) in [5.41, 5.74) is 5.00. The fraction of sp³-hybridized carbons (Fsp3) is 0.556. The van der Waals surface area contributed by atoms with Crippen molar-refractivity contribution in [3.05, 3.63) is 15.8 Å². The number of aryl methyl sites for hydroxylation is 1. The van der Waals surface area contributed by atoms with Crippen molar-refractivity contribution < 1.29 is 18.1 Å². The molecular formula is C9H12F3N5O2. The Bertz CT molecular complexity index is 478. The van der Waals surface area contributed by atoms with Crippen LogP contribution >= 0.6 is 0 Å². The summed E-state index contributed by atoms with van der Waals surface area (Å²) in [4.78, 5) is 17.4. The maximum Gasteiger partial charge on any atom is 0.389 e. The SMILES string of the molecule is Cc1nc(N)nc(NCCCC(F)(F)F)c1[N+](=O)[O-]. The third kappa shape index (κ3) is 4.56. The van der Waals surface area contributed by atoms with Crippen molar-refractivity contribution in [2.75, 3.05) is 17.6 Å². The van der Waals surface area contributed by atoms with Gasteiger partial charge in [0, 0.05) is 13.0 Å². The molecule has 0 bridgehead atoms. The molecule has 106 valence electrons. The molecule has 0 aliphatic heterocycles. The Morgan fingerprint density at radius 3 is 2.58 bits per heavy atom. The van der Waals surface area contributed by atoms with Crippen LogP contribution in [0, 0.1) is 17.0 Å². The van der Waals surface area contributed by atoms with Crippen molar-refractivity contribution in [2.24, 2.45) is 0 Å². The first-order valence-electron chi connectivity index (χ1n) is 5.30. The van der Waals surface area contributed by atoms with E-state index in [9.17, 15) is 23.3 Å². The molecule has 1 heterocycles. The molecule has 0 saturated carbocycles. The summed E-state index contributed by atoms with van der Waals surface area (Å²) >= 11 is 0. The minimum Gasteiger partial charge on any atom is -0.368 e. The molecule has 1 rings (SSSR count). The molecule has 0 aromatic carbocycles. The Balaban J connectivity index is 2.75. The van der Waals surface area contributed by atoms with Crippen LogP contribution in [0.5, 0.6) is 0 Å². The zero-order valence-corrected chi connectivity index (χ0v) is 9.99. The van der Waals surface area contributed by atoms with Crippen LogP contribution in [0.4, 0.5) is 30.6 Å². The van der Waals surface area contributed by atoms with Crippen molar-refractivity contribution in [3.63, 3.8) is 0 Å². The van der Waals surface area contributed by atoms with Gasteiger partial charge >= 0.3 is 11.9 Å². The van der Waals surface area contributed by atoms with E-state index in [-0.39, 0.29) is 36.1 Å². The lowest BCUT2D eigenvalue weighted by molar-refractivity contribution is -0.385. The first kappa shape index (κ1) is 14.9. The molecule has 19 heavy (non-hydrogen) atoms. The predicted octanol–water partition coefficient (Wildman–Crippen LogP) is 2.03. The summed E-state index contributed by atoms with van der Waals surface area (Å²) in [6.07, 6.45) is -5.45. The van der Waals surface area contributed by atoms with E-state index in [1.807, 2.05) is 0 Å². The quantitative estimate of drug-likeness (QED) is 0.485. The number of alkyl halides is 3. The molecule has 7 nitrogen and oxygen atoms in total. The third-order valence-corrected chi connectivity index (χ3v) is 2.19. The second kappa shape index (κ2) is 5.67. The van der Waals surface area contributed by atoms with E-state index >= 15 is 0 Å². The van der Waals surface area contributed by atoms with E-state index in [1.165, 1.54) is 6.92 Å². The minimum atomic E-state index is -4.26. The number of nitrogens with two attached hydrogens (primary N) is 1. The average Bonchev–Trinajstić information content (AvgIpc) is 2.21. The molecule has 0 aliphatic rings. The van der Waals surface area contributed by atoms with Crippen LogP contribution in [0.1, 0.15) is 18.5 Å². The van der Waals surface area contributed by atoms with Crippen molar-refractivity contribution in [1.29, 1.82) is 0 Å². The van der Waals surface area contributed by atoms with Crippen molar-refractivity contribution >= 4 is 17.5 Å². The number of hydrogen-bond acceptors (Lipinski definition) is 6. The number of rotatable bonds is 5. The highest BCUT2D eigenvalue weighted by Crippen LogP contribution is 2.26. The predicted molar refractivity (Wildman–Crippen MR) is 61.6 cm³/mol. The van der Waals surface area contributed by atoms with Gasteiger partial charge in [0.25, 0.3) is 0 Å². The average molecular weight is 279 g/mol. The van der Waals surface area contributed by atoms with E-state index in [0.29, 0.717) is 0 Å². The van der Waals surface area contributed by atoms with Crippen LogP contribution in [0.3, 0.4) is 0 Å². The zero-order valence-electron chi connectivity index (χ0n) is 9.99. The van der Waals surface area contributed by atoms with Crippen LogP contribution in [0.25, 0.3) is 0 Å². The number of nitrogens with zero attached hydrogens (tertiary/aromatic N) is 3. The van der Waals surface area contributed by atoms with Crippen LogP contribution in [-0.2, 0) is 0 Å². The molecule has 0 atom stereocenters. The highest BCUT2D eigenvalue weighted by Gasteiger charge is 2.26. The Morgan fingerprint density at radius 1 is 1.42 bits per heavy atom. The van der Waals surface area contributed by atoms with Gasteiger partial charge in [-0.25, -0.2) is 4.98 Å². The molecule has 0 spiro atoms. The van der Waals surface area contributed by atoms with Gasteiger partial charge in [-0.05, 0) is 13.3 Å². The normalized spacial score (nSPS) is 11.4. The lowest BCUT2D eigenvalue weighted by Gasteiger charge is -2.09. The second-order valence-electron chi connectivity index (χ2n) is 3.77. The number of nitro groups is 1. The Kier molecular flexibility index (Phi) is 4.46. The maximum absolute atomic E-state index is 11.9. The Labute approximate surface area is 106 Å². The molecule has 1 aromatic rings. The standard InChI is InChI=1S/C9H12F3N5O2/c1-5-6(17(18)19)7(16-8(13)15-5)14-4-2-3-9(10,11)12/h2-4H2,1H3,(H3,13,14,15,16). The number of nitrogen functional groups attached to an aromatic ring is 1. The van der Waals surface area contributed by atoms with E-state index in [2.05, 4.69) is 15.3 Å². The first-order valence-corrected chi connectivity index (χ1v) is 5.30. The summed E-state index contributed by atoms with van der Waals surface area (Å²) in [6.45, 7) is 1.27. The third-order valence-electron chi connectivity index (χ3n) is 2.19. The van der Waals surface area contributed by atoms with Crippen molar-refractivity contribution in [1.82, 2.24) is 9.97 Å². The van der Waals surface area contributed by atoms with Gasteiger partial charge in [-0.2, -0.15) is 18.2 Å². The number of aromatic nitrogens is 2. The molecule has 10 heteroatoms. The topological polar surface area (TPSA) is 107 Å². The molecule has 0 amide bonds. The van der Waals surface area contributed by atoms with Crippen LogP contribution in [0.15, 0.2) is 0 Å². The summed E-state index contributed by atoms with van der Waals surface area (Å²) in [5.74, 6) is -0.349. The monoisotopic (exact) mass is 279 g/mol. The van der Waals surface area contributed by atoms with Gasteiger partial charge in [-0.15, -0.1) is 0 Å². The van der Waals surface area contributed by atoms with Crippen LogP contribution in [0.2, 0.25) is 0 Å². The van der Waals surface area contributed by atoms with E-state index in [0.717, 1.165) is 0 Å². The van der Waals surface area contributed by atoms with Gasteiger partial charge in [-0.3, -0.25) is 10.1 Å². The lowest BCUT2D eigenvalue weighted by atomic mass is 10.3. The van der Waals surface area contributed by atoms with E-state index in [4.69, 9.17) is 5.73 Å². The van der Waals surface area contributed by atoms with Gasteiger partial charge in [0.2, 0.25) is 11.8 Å². The fourth-order valence-corrected chi connectivity index (χ4v) is 1.43. The number of hydrogen-bond donors (Lipinski definition) is 2. The molecule has 0 unspecified atom stereocenters.